The average Bonchev–Trinajstić information content (AvgIpc) is 2.39. The second kappa shape index (κ2) is 7.04. The molecule has 2 amide bonds. The Hall–Kier alpha value is -1.41. The number of urea groups is 1. The fraction of sp³-hybridized carbons (Fsp3) is 0.462. The molecule has 0 heterocycles. The molecule has 0 radical (unpaired) electrons. The second-order valence-electron chi connectivity index (χ2n) is 4.70. The first-order valence-corrected chi connectivity index (χ1v) is 7.05. The standard InChI is InChI=1S/C13H17F3N2O2S/c1-3-12(2,8-19)18-11(20)17-9-6-4-5-7-10(9)21-13(14,15)16/h4-7,19H,3,8H2,1-2H3,(H2,17,18,20). The van der Waals surface area contributed by atoms with Crippen molar-refractivity contribution in [1.29, 1.82) is 0 Å². The number of amides is 2. The van der Waals surface area contributed by atoms with Gasteiger partial charge in [-0.3, -0.25) is 0 Å². The van der Waals surface area contributed by atoms with E-state index in [2.05, 4.69) is 10.6 Å². The number of aliphatic hydroxyl groups excluding tert-OH is 1. The highest BCUT2D eigenvalue weighted by Gasteiger charge is 2.31. The van der Waals surface area contributed by atoms with Gasteiger partial charge in [0.05, 0.1) is 17.8 Å². The van der Waals surface area contributed by atoms with Crippen LogP contribution in [-0.4, -0.2) is 28.8 Å². The molecule has 0 saturated heterocycles. The third kappa shape index (κ3) is 5.84. The Morgan fingerprint density at radius 3 is 2.48 bits per heavy atom. The Labute approximate surface area is 125 Å². The van der Waals surface area contributed by atoms with Crippen LogP contribution in [0.1, 0.15) is 20.3 Å². The Bertz CT molecular complexity index is 491. The fourth-order valence-electron chi connectivity index (χ4n) is 1.45. The van der Waals surface area contributed by atoms with Crippen molar-refractivity contribution < 1.29 is 23.1 Å². The van der Waals surface area contributed by atoms with Crippen molar-refractivity contribution in [2.45, 2.75) is 36.2 Å². The van der Waals surface area contributed by atoms with E-state index in [0.29, 0.717) is 6.42 Å². The summed E-state index contributed by atoms with van der Waals surface area (Å²) in [6, 6.07) is 4.99. The molecular weight excluding hydrogens is 305 g/mol. The van der Waals surface area contributed by atoms with E-state index in [1.807, 2.05) is 0 Å². The molecule has 3 N–H and O–H groups in total. The minimum absolute atomic E-state index is 0.0636. The number of carbonyl (C=O) groups excluding carboxylic acids is 1. The van der Waals surface area contributed by atoms with Gasteiger partial charge in [0.1, 0.15) is 0 Å². The highest BCUT2D eigenvalue weighted by atomic mass is 32.2. The smallest absolute Gasteiger partial charge is 0.394 e. The molecule has 1 rings (SSSR count). The first kappa shape index (κ1) is 17.6. The predicted molar refractivity (Wildman–Crippen MR) is 76.3 cm³/mol. The van der Waals surface area contributed by atoms with Crippen LogP contribution in [0.2, 0.25) is 0 Å². The van der Waals surface area contributed by atoms with Crippen LogP contribution in [0.3, 0.4) is 0 Å². The van der Waals surface area contributed by atoms with Crippen LogP contribution >= 0.6 is 11.8 Å². The maximum atomic E-state index is 12.4. The molecule has 0 fully saturated rings. The third-order valence-electron chi connectivity index (χ3n) is 2.91. The molecule has 0 aromatic heterocycles. The molecule has 0 aliphatic heterocycles. The van der Waals surface area contributed by atoms with Crippen LogP contribution in [0.15, 0.2) is 29.2 Å². The lowest BCUT2D eigenvalue weighted by Crippen LogP contribution is -2.50. The number of carbonyl (C=O) groups is 1. The van der Waals surface area contributed by atoms with Crippen molar-refractivity contribution in [3.05, 3.63) is 24.3 Å². The van der Waals surface area contributed by atoms with E-state index in [1.165, 1.54) is 24.3 Å². The molecule has 21 heavy (non-hydrogen) atoms. The topological polar surface area (TPSA) is 61.4 Å². The SMILES string of the molecule is CCC(C)(CO)NC(=O)Nc1ccccc1SC(F)(F)F. The van der Waals surface area contributed by atoms with E-state index in [-0.39, 0.29) is 29.0 Å². The fourth-order valence-corrected chi connectivity index (χ4v) is 2.08. The molecule has 1 aromatic carbocycles. The Morgan fingerprint density at radius 1 is 1.33 bits per heavy atom. The van der Waals surface area contributed by atoms with Crippen molar-refractivity contribution in [3.63, 3.8) is 0 Å². The molecule has 1 aromatic rings. The zero-order chi connectivity index (χ0) is 16.1. The number of rotatable bonds is 5. The van der Waals surface area contributed by atoms with Gasteiger partial charge >= 0.3 is 11.5 Å². The van der Waals surface area contributed by atoms with Gasteiger partial charge in [0, 0.05) is 4.90 Å². The van der Waals surface area contributed by atoms with Gasteiger partial charge in [-0.15, -0.1) is 0 Å². The number of halogens is 3. The van der Waals surface area contributed by atoms with Gasteiger partial charge in [-0.1, -0.05) is 19.1 Å². The van der Waals surface area contributed by atoms with Gasteiger partial charge in [-0.05, 0) is 37.2 Å². The first-order valence-electron chi connectivity index (χ1n) is 6.24. The average molecular weight is 322 g/mol. The monoisotopic (exact) mass is 322 g/mol. The summed E-state index contributed by atoms with van der Waals surface area (Å²) in [5, 5.41) is 14.1. The summed E-state index contributed by atoms with van der Waals surface area (Å²) in [4.78, 5) is 11.7. The molecular formula is C13H17F3N2O2S. The van der Waals surface area contributed by atoms with Gasteiger partial charge < -0.3 is 15.7 Å². The van der Waals surface area contributed by atoms with Crippen LogP contribution in [0.25, 0.3) is 0 Å². The van der Waals surface area contributed by atoms with Gasteiger partial charge in [0.25, 0.3) is 0 Å². The van der Waals surface area contributed by atoms with Crippen molar-refractivity contribution in [1.82, 2.24) is 5.32 Å². The second-order valence-corrected chi connectivity index (χ2v) is 5.80. The number of hydrogen-bond donors (Lipinski definition) is 3. The van der Waals surface area contributed by atoms with Crippen LogP contribution < -0.4 is 10.6 Å². The molecule has 8 heteroatoms. The van der Waals surface area contributed by atoms with Crippen molar-refractivity contribution in [3.8, 4) is 0 Å². The van der Waals surface area contributed by atoms with Gasteiger partial charge in [0.15, 0.2) is 0 Å². The number of nitrogens with one attached hydrogen (secondary N) is 2. The van der Waals surface area contributed by atoms with Gasteiger partial charge in [-0.25, -0.2) is 4.79 Å². The van der Waals surface area contributed by atoms with E-state index < -0.39 is 17.1 Å². The summed E-state index contributed by atoms with van der Waals surface area (Å²) in [5.74, 6) is 0. The van der Waals surface area contributed by atoms with Gasteiger partial charge in [-0.2, -0.15) is 13.2 Å². The van der Waals surface area contributed by atoms with Crippen LogP contribution in [0.5, 0.6) is 0 Å². The number of anilines is 1. The zero-order valence-electron chi connectivity index (χ0n) is 11.6. The Balaban J connectivity index is 2.81. The molecule has 0 aliphatic rings. The number of benzene rings is 1. The van der Waals surface area contributed by atoms with Crippen LogP contribution in [-0.2, 0) is 0 Å². The number of alkyl halides is 3. The zero-order valence-corrected chi connectivity index (χ0v) is 12.4. The van der Waals surface area contributed by atoms with E-state index in [4.69, 9.17) is 0 Å². The summed E-state index contributed by atoms with van der Waals surface area (Å²) < 4.78 is 37.3. The minimum atomic E-state index is -4.43. The highest BCUT2D eigenvalue weighted by Crippen LogP contribution is 2.40. The Morgan fingerprint density at radius 2 is 1.95 bits per heavy atom. The van der Waals surface area contributed by atoms with E-state index in [1.54, 1.807) is 13.8 Å². The maximum absolute atomic E-state index is 12.4. The molecule has 1 unspecified atom stereocenters. The summed E-state index contributed by atoms with van der Waals surface area (Å²) in [7, 11) is 0. The molecule has 0 aliphatic carbocycles. The van der Waals surface area contributed by atoms with Crippen molar-refractivity contribution >= 4 is 23.5 Å². The van der Waals surface area contributed by atoms with E-state index in [0.717, 1.165) is 0 Å². The lowest BCUT2D eigenvalue weighted by molar-refractivity contribution is -0.0328. The third-order valence-corrected chi connectivity index (χ3v) is 3.71. The normalized spacial score (nSPS) is 14.4. The first-order chi connectivity index (χ1) is 9.69. The molecule has 0 bridgehead atoms. The Kier molecular flexibility index (Phi) is 5.91. The van der Waals surface area contributed by atoms with Crippen LogP contribution in [0, 0.1) is 0 Å². The lowest BCUT2D eigenvalue weighted by atomic mass is 10.0. The number of aliphatic hydroxyl groups is 1. The summed E-state index contributed by atoms with van der Waals surface area (Å²) >= 11 is -0.293. The molecule has 0 spiro atoms. The lowest BCUT2D eigenvalue weighted by Gasteiger charge is -2.27. The van der Waals surface area contributed by atoms with E-state index in [9.17, 15) is 23.1 Å². The quantitative estimate of drug-likeness (QED) is 0.726. The summed E-state index contributed by atoms with van der Waals surface area (Å²) in [6.07, 6.45) is 0.482. The number of thioether (sulfide) groups is 1. The predicted octanol–water partition coefficient (Wildman–Crippen LogP) is 3.58. The summed E-state index contributed by atoms with van der Waals surface area (Å²) in [6.45, 7) is 3.16. The van der Waals surface area contributed by atoms with Gasteiger partial charge in [0.2, 0.25) is 0 Å². The number of para-hydroxylation sites is 1. The molecule has 1 atom stereocenters. The van der Waals surface area contributed by atoms with Crippen LogP contribution in [0.4, 0.5) is 23.7 Å². The molecule has 4 nitrogen and oxygen atoms in total. The largest absolute Gasteiger partial charge is 0.446 e. The van der Waals surface area contributed by atoms with Crippen molar-refractivity contribution in [2.24, 2.45) is 0 Å². The maximum Gasteiger partial charge on any atom is 0.446 e. The summed E-state index contributed by atoms with van der Waals surface area (Å²) in [5.41, 5.74) is -5.19. The minimum Gasteiger partial charge on any atom is -0.394 e. The molecule has 118 valence electrons. The van der Waals surface area contributed by atoms with Crippen molar-refractivity contribution in [2.75, 3.05) is 11.9 Å². The number of hydrogen-bond acceptors (Lipinski definition) is 3. The van der Waals surface area contributed by atoms with E-state index >= 15 is 0 Å². The highest BCUT2D eigenvalue weighted by molar-refractivity contribution is 8.00. The molecule has 0 saturated carbocycles.